The van der Waals surface area contributed by atoms with E-state index in [-0.39, 0.29) is 0 Å². The molecular formula is C28H40N2O4. The van der Waals surface area contributed by atoms with Gasteiger partial charge in [-0.25, -0.2) is 4.79 Å². The molecule has 0 spiro atoms. The number of rotatable bonds is 11. The van der Waals surface area contributed by atoms with Crippen molar-refractivity contribution >= 4 is 6.09 Å². The maximum atomic E-state index is 12.4. The average molecular weight is 469 g/mol. The topological polar surface area (TPSA) is 79.8 Å². The van der Waals surface area contributed by atoms with E-state index in [9.17, 15) is 9.90 Å². The van der Waals surface area contributed by atoms with Gasteiger partial charge in [0.25, 0.3) is 0 Å². The predicted molar refractivity (Wildman–Crippen MR) is 135 cm³/mol. The highest BCUT2D eigenvalue weighted by atomic mass is 16.6. The lowest BCUT2D eigenvalue weighted by molar-refractivity contribution is 0.0422. The Balaban J connectivity index is 1.56. The van der Waals surface area contributed by atoms with Gasteiger partial charge in [-0.1, -0.05) is 55.3 Å². The molecule has 1 saturated carbocycles. The van der Waals surface area contributed by atoms with Crippen molar-refractivity contribution in [3.05, 3.63) is 65.7 Å². The molecule has 1 amide bonds. The molecule has 0 radical (unpaired) electrons. The van der Waals surface area contributed by atoms with Crippen LogP contribution in [0.15, 0.2) is 54.6 Å². The number of hydrogen-bond acceptors (Lipinski definition) is 5. The van der Waals surface area contributed by atoms with E-state index in [4.69, 9.17) is 9.47 Å². The van der Waals surface area contributed by atoms with Crippen LogP contribution in [-0.4, -0.2) is 42.0 Å². The van der Waals surface area contributed by atoms with Crippen molar-refractivity contribution in [2.24, 2.45) is 5.92 Å². The third kappa shape index (κ3) is 9.35. The van der Waals surface area contributed by atoms with Gasteiger partial charge in [0.15, 0.2) is 0 Å². The summed E-state index contributed by atoms with van der Waals surface area (Å²) < 4.78 is 11.3. The van der Waals surface area contributed by atoms with E-state index < -0.39 is 23.8 Å². The number of benzene rings is 2. The fourth-order valence-corrected chi connectivity index (χ4v) is 4.25. The van der Waals surface area contributed by atoms with Crippen molar-refractivity contribution in [2.75, 3.05) is 13.1 Å². The molecule has 186 valence electrons. The van der Waals surface area contributed by atoms with Crippen LogP contribution in [0.3, 0.4) is 0 Å². The van der Waals surface area contributed by atoms with Crippen molar-refractivity contribution in [2.45, 2.75) is 77.2 Å². The number of aliphatic hydroxyl groups excluding tert-OH is 1. The summed E-state index contributed by atoms with van der Waals surface area (Å²) in [6.07, 6.45) is 4.33. The van der Waals surface area contributed by atoms with Crippen molar-refractivity contribution in [1.82, 2.24) is 10.6 Å². The molecule has 6 nitrogen and oxygen atoms in total. The standard InChI is InChI=1S/C28H40N2O4/c1-28(2,3)34-27(32)30-25(26(31)19-29-18-22-9-7-8-10-22)17-21-13-15-24(16-14-21)33-20-23-11-5-4-6-12-23/h4-6,11-16,22,25-26,29,31H,7-10,17-20H2,1-3H3,(H,30,32)/t25-,26+/m0/s1. The van der Waals surface area contributed by atoms with Gasteiger partial charge in [0.2, 0.25) is 0 Å². The second-order valence-corrected chi connectivity index (χ2v) is 10.3. The molecule has 0 saturated heterocycles. The molecule has 0 bridgehead atoms. The number of ether oxygens (including phenoxy) is 2. The van der Waals surface area contributed by atoms with E-state index in [1.807, 2.05) is 75.4 Å². The van der Waals surface area contributed by atoms with Gasteiger partial charge in [0.05, 0.1) is 12.1 Å². The van der Waals surface area contributed by atoms with Crippen LogP contribution in [0.4, 0.5) is 4.79 Å². The highest BCUT2D eigenvalue weighted by Gasteiger charge is 2.25. The minimum Gasteiger partial charge on any atom is -0.489 e. The zero-order valence-electron chi connectivity index (χ0n) is 20.8. The van der Waals surface area contributed by atoms with Gasteiger partial charge in [-0.2, -0.15) is 0 Å². The molecule has 1 fully saturated rings. The van der Waals surface area contributed by atoms with E-state index in [0.29, 0.717) is 25.5 Å². The van der Waals surface area contributed by atoms with E-state index in [1.165, 1.54) is 25.7 Å². The van der Waals surface area contributed by atoms with Crippen LogP contribution < -0.4 is 15.4 Å². The van der Waals surface area contributed by atoms with E-state index in [2.05, 4.69) is 10.6 Å². The van der Waals surface area contributed by atoms with Crippen LogP contribution in [0.25, 0.3) is 0 Å². The Hall–Kier alpha value is -2.57. The lowest BCUT2D eigenvalue weighted by Gasteiger charge is -2.27. The molecule has 2 atom stereocenters. The molecule has 6 heteroatoms. The summed E-state index contributed by atoms with van der Waals surface area (Å²) in [5.41, 5.74) is 1.52. The Bertz CT molecular complexity index is 858. The van der Waals surface area contributed by atoms with Gasteiger partial charge in [-0.15, -0.1) is 0 Å². The van der Waals surface area contributed by atoms with Gasteiger partial charge < -0.3 is 25.2 Å². The van der Waals surface area contributed by atoms with Crippen LogP contribution >= 0.6 is 0 Å². The zero-order valence-corrected chi connectivity index (χ0v) is 20.8. The van der Waals surface area contributed by atoms with E-state index in [0.717, 1.165) is 23.4 Å². The Morgan fingerprint density at radius 1 is 1.03 bits per heavy atom. The first-order valence-corrected chi connectivity index (χ1v) is 12.4. The lowest BCUT2D eigenvalue weighted by Crippen LogP contribution is -2.50. The molecule has 0 aliphatic heterocycles. The highest BCUT2D eigenvalue weighted by molar-refractivity contribution is 5.68. The molecule has 2 aromatic rings. The maximum absolute atomic E-state index is 12.4. The molecule has 1 aliphatic rings. The molecule has 0 aromatic heterocycles. The Labute approximate surface area is 204 Å². The minimum absolute atomic E-state index is 0.426. The molecule has 1 aliphatic carbocycles. The fourth-order valence-electron chi connectivity index (χ4n) is 4.25. The van der Waals surface area contributed by atoms with Crippen molar-refractivity contribution in [3.8, 4) is 5.75 Å². The van der Waals surface area contributed by atoms with Crippen molar-refractivity contribution in [3.63, 3.8) is 0 Å². The third-order valence-electron chi connectivity index (χ3n) is 6.06. The van der Waals surface area contributed by atoms with Crippen LogP contribution in [0.5, 0.6) is 5.75 Å². The van der Waals surface area contributed by atoms with Gasteiger partial charge >= 0.3 is 6.09 Å². The lowest BCUT2D eigenvalue weighted by atomic mass is 10.0. The van der Waals surface area contributed by atoms with Gasteiger partial charge in [-0.05, 0) is 75.8 Å². The number of aliphatic hydroxyl groups is 1. The summed E-state index contributed by atoms with van der Waals surface area (Å²) in [5, 5.41) is 17.2. The van der Waals surface area contributed by atoms with Gasteiger partial charge in [0, 0.05) is 6.54 Å². The zero-order chi connectivity index (χ0) is 24.4. The second-order valence-electron chi connectivity index (χ2n) is 10.3. The summed E-state index contributed by atoms with van der Waals surface area (Å²) in [6.45, 7) is 7.33. The summed E-state index contributed by atoms with van der Waals surface area (Å²) in [5.74, 6) is 1.47. The first kappa shape index (κ1) is 26.0. The number of alkyl carbamates (subject to hydrolysis) is 1. The molecule has 0 heterocycles. The molecule has 0 unspecified atom stereocenters. The molecule has 3 N–H and O–H groups in total. The Kier molecular flexibility index (Phi) is 9.78. The van der Waals surface area contributed by atoms with Gasteiger partial charge in [-0.3, -0.25) is 0 Å². The maximum Gasteiger partial charge on any atom is 0.407 e. The number of nitrogens with one attached hydrogen (secondary N) is 2. The van der Waals surface area contributed by atoms with Gasteiger partial charge in [0.1, 0.15) is 18.0 Å². The number of carbonyl (C=O) groups excluding carboxylic acids is 1. The van der Waals surface area contributed by atoms with Crippen LogP contribution in [-0.2, 0) is 17.8 Å². The number of amides is 1. The third-order valence-corrected chi connectivity index (χ3v) is 6.06. The molecular weight excluding hydrogens is 428 g/mol. The Morgan fingerprint density at radius 3 is 2.35 bits per heavy atom. The normalized spacial score (nSPS) is 16.1. The van der Waals surface area contributed by atoms with Crippen LogP contribution in [0.1, 0.15) is 57.6 Å². The fraction of sp³-hybridized carbons (Fsp3) is 0.536. The summed E-state index contributed by atoms with van der Waals surface area (Å²) >= 11 is 0. The summed E-state index contributed by atoms with van der Waals surface area (Å²) in [6, 6.07) is 17.4. The molecule has 2 aromatic carbocycles. The first-order valence-electron chi connectivity index (χ1n) is 12.4. The largest absolute Gasteiger partial charge is 0.489 e. The Morgan fingerprint density at radius 2 is 1.71 bits per heavy atom. The van der Waals surface area contributed by atoms with Crippen LogP contribution in [0, 0.1) is 5.92 Å². The molecule has 34 heavy (non-hydrogen) atoms. The smallest absolute Gasteiger partial charge is 0.407 e. The average Bonchev–Trinajstić information content (AvgIpc) is 3.31. The highest BCUT2D eigenvalue weighted by Crippen LogP contribution is 2.23. The minimum atomic E-state index is -0.733. The summed E-state index contributed by atoms with van der Waals surface area (Å²) in [4.78, 5) is 12.4. The van der Waals surface area contributed by atoms with Crippen LogP contribution in [0.2, 0.25) is 0 Å². The quantitative estimate of drug-likeness (QED) is 0.440. The first-order chi connectivity index (χ1) is 16.3. The number of hydrogen-bond donors (Lipinski definition) is 3. The molecule has 3 rings (SSSR count). The summed E-state index contributed by atoms with van der Waals surface area (Å²) in [7, 11) is 0. The second kappa shape index (κ2) is 12.8. The van der Waals surface area contributed by atoms with Crippen molar-refractivity contribution in [1.29, 1.82) is 0 Å². The number of carbonyl (C=O) groups is 1. The predicted octanol–water partition coefficient (Wildman–Crippen LogP) is 4.84. The van der Waals surface area contributed by atoms with E-state index in [1.54, 1.807) is 0 Å². The van der Waals surface area contributed by atoms with E-state index >= 15 is 0 Å². The SMILES string of the molecule is CC(C)(C)OC(=O)N[C@@H](Cc1ccc(OCc2ccccc2)cc1)[C@H](O)CNCC1CCCC1. The van der Waals surface area contributed by atoms with Crippen molar-refractivity contribution < 1.29 is 19.4 Å². The monoisotopic (exact) mass is 468 g/mol.